The fourth-order valence-corrected chi connectivity index (χ4v) is 2.48. The molecule has 1 rings (SSSR count). The van der Waals surface area contributed by atoms with Crippen LogP contribution in [0.3, 0.4) is 0 Å². The first-order chi connectivity index (χ1) is 9.74. The van der Waals surface area contributed by atoms with Crippen molar-refractivity contribution in [2.45, 2.75) is 31.7 Å². The molecule has 1 saturated carbocycles. The lowest BCUT2D eigenvalue weighted by Crippen LogP contribution is -2.39. The lowest BCUT2D eigenvalue weighted by atomic mass is 10.2. The molecule has 0 aromatic heterocycles. The molecule has 0 aliphatic heterocycles. The summed E-state index contributed by atoms with van der Waals surface area (Å²) in [5, 5.41) is 8.95. The predicted octanol–water partition coefficient (Wildman–Crippen LogP) is 0.995. The van der Waals surface area contributed by atoms with Crippen LogP contribution in [0.1, 0.15) is 25.7 Å². The van der Waals surface area contributed by atoms with E-state index in [0.717, 1.165) is 12.8 Å². The van der Waals surface area contributed by atoms with Gasteiger partial charge in [0, 0.05) is 19.7 Å². The van der Waals surface area contributed by atoms with Gasteiger partial charge in [-0.25, -0.2) is 0 Å². The van der Waals surface area contributed by atoms with Crippen LogP contribution in [0, 0.1) is 0 Å². The van der Waals surface area contributed by atoms with E-state index in [0.29, 0.717) is 45.6 Å². The van der Waals surface area contributed by atoms with Crippen LogP contribution >= 0.6 is 0 Å². The van der Waals surface area contributed by atoms with E-state index >= 15 is 0 Å². The molecule has 0 atom stereocenters. The number of aliphatic carboxylic acids is 1. The molecule has 1 aliphatic carbocycles. The second kappa shape index (κ2) is 11.0. The zero-order chi connectivity index (χ0) is 14.6. The Labute approximate surface area is 121 Å². The normalized spacial score (nSPS) is 16.1. The molecule has 0 aromatic carbocycles. The second-order valence-corrected chi connectivity index (χ2v) is 5.02. The largest absolute Gasteiger partial charge is 0.480 e. The fraction of sp³-hybridized carbons (Fsp3) is 0.929. The molecule has 1 aliphatic rings. The van der Waals surface area contributed by atoms with E-state index in [-0.39, 0.29) is 6.54 Å². The summed E-state index contributed by atoms with van der Waals surface area (Å²) in [5.41, 5.74) is 0. The highest BCUT2D eigenvalue weighted by Crippen LogP contribution is 2.23. The lowest BCUT2D eigenvalue weighted by Gasteiger charge is -2.26. The Morgan fingerprint density at radius 3 is 2.30 bits per heavy atom. The van der Waals surface area contributed by atoms with Crippen molar-refractivity contribution in [3.8, 4) is 0 Å². The van der Waals surface area contributed by atoms with Gasteiger partial charge >= 0.3 is 5.97 Å². The van der Waals surface area contributed by atoms with Crippen LogP contribution in [-0.2, 0) is 19.0 Å². The summed E-state index contributed by atoms with van der Waals surface area (Å²) in [7, 11) is 1.64. The molecule has 0 spiro atoms. The Balaban J connectivity index is 2.07. The molecular formula is C14H27NO5. The van der Waals surface area contributed by atoms with Gasteiger partial charge in [0.2, 0.25) is 0 Å². The molecule has 0 radical (unpaired) electrons. The monoisotopic (exact) mass is 289 g/mol. The van der Waals surface area contributed by atoms with Crippen molar-refractivity contribution >= 4 is 5.97 Å². The molecule has 0 amide bonds. The molecule has 118 valence electrons. The minimum absolute atomic E-state index is 0.109. The van der Waals surface area contributed by atoms with E-state index in [2.05, 4.69) is 0 Å². The van der Waals surface area contributed by atoms with E-state index in [1.54, 1.807) is 7.11 Å². The number of hydrogen-bond donors (Lipinski definition) is 1. The highest BCUT2D eigenvalue weighted by molar-refractivity contribution is 5.69. The van der Waals surface area contributed by atoms with Crippen LogP contribution in [0.5, 0.6) is 0 Å². The summed E-state index contributed by atoms with van der Waals surface area (Å²) in [6.45, 7) is 3.59. The molecule has 1 fully saturated rings. The number of nitrogens with zero attached hydrogens (tertiary/aromatic N) is 1. The van der Waals surface area contributed by atoms with Gasteiger partial charge in [-0.2, -0.15) is 0 Å². The molecule has 1 N–H and O–H groups in total. The van der Waals surface area contributed by atoms with E-state index in [1.165, 1.54) is 12.8 Å². The maximum absolute atomic E-state index is 10.9. The fourth-order valence-electron chi connectivity index (χ4n) is 2.48. The topological polar surface area (TPSA) is 68.2 Å². The lowest BCUT2D eigenvalue weighted by molar-refractivity contribution is -0.139. The van der Waals surface area contributed by atoms with Crippen molar-refractivity contribution in [3.63, 3.8) is 0 Å². The maximum Gasteiger partial charge on any atom is 0.317 e. The Bertz CT molecular complexity index is 256. The van der Waals surface area contributed by atoms with Gasteiger partial charge in [0.05, 0.1) is 39.6 Å². The summed E-state index contributed by atoms with van der Waals surface area (Å²) in [6.07, 6.45) is 4.62. The minimum atomic E-state index is -0.764. The average molecular weight is 289 g/mol. The quantitative estimate of drug-likeness (QED) is 0.541. The first-order valence-electron chi connectivity index (χ1n) is 7.34. The van der Waals surface area contributed by atoms with Crippen LogP contribution in [0.2, 0.25) is 0 Å². The number of ether oxygens (including phenoxy) is 3. The molecule has 6 heteroatoms. The Kier molecular flexibility index (Phi) is 9.57. The molecule has 0 saturated heterocycles. The van der Waals surface area contributed by atoms with Crippen LogP contribution in [0.25, 0.3) is 0 Å². The summed E-state index contributed by atoms with van der Waals surface area (Å²) in [5.74, 6) is -0.764. The van der Waals surface area contributed by atoms with Crippen LogP contribution in [-0.4, -0.2) is 75.3 Å². The minimum Gasteiger partial charge on any atom is -0.480 e. The van der Waals surface area contributed by atoms with Gasteiger partial charge in [0.15, 0.2) is 0 Å². The maximum atomic E-state index is 10.9. The summed E-state index contributed by atoms with van der Waals surface area (Å²) < 4.78 is 15.6. The SMILES string of the molecule is COCCOCCOCCN(CC(=O)O)C1CCCC1. The van der Waals surface area contributed by atoms with Gasteiger partial charge in [-0.1, -0.05) is 12.8 Å². The summed E-state index contributed by atoms with van der Waals surface area (Å²) >= 11 is 0. The summed E-state index contributed by atoms with van der Waals surface area (Å²) in [6, 6.07) is 0.410. The Morgan fingerprint density at radius 2 is 1.70 bits per heavy atom. The molecule has 6 nitrogen and oxygen atoms in total. The van der Waals surface area contributed by atoms with Gasteiger partial charge in [0.25, 0.3) is 0 Å². The van der Waals surface area contributed by atoms with Crippen molar-refractivity contribution in [3.05, 3.63) is 0 Å². The molecule has 0 aromatic rings. The number of methoxy groups -OCH3 is 1. The third kappa shape index (κ3) is 7.79. The molecule has 0 unspecified atom stereocenters. The Hall–Kier alpha value is -0.690. The highest BCUT2D eigenvalue weighted by atomic mass is 16.5. The zero-order valence-electron chi connectivity index (χ0n) is 12.4. The molecule has 0 heterocycles. The van der Waals surface area contributed by atoms with E-state index < -0.39 is 5.97 Å². The predicted molar refractivity (Wildman–Crippen MR) is 75.0 cm³/mol. The third-order valence-corrected chi connectivity index (χ3v) is 3.51. The number of carbonyl (C=O) groups is 1. The van der Waals surface area contributed by atoms with Crippen LogP contribution in [0.15, 0.2) is 0 Å². The average Bonchev–Trinajstić information content (AvgIpc) is 2.94. The standard InChI is InChI=1S/C14H27NO5/c1-18-8-9-20-11-10-19-7-6-15(12-14(16)17)13-4-2-3-5-13/h13H,2-12H2,1H3,(H,16,17). The van der Waals surface area contributed by atoms with Crippen LogP contribution < -0.4 is 0 Å². The van der Waals surface area contributed by atoms with Crippen molar-refractivity contribution in [1.29, 1.82) is 0 Å². The first kappa shape index (κ1) is 17.4. The molecule has 20 heavy (non-hydrogen) atoms. The first-order valence-corrected chi connectivity index (χ1v) is 7.34. The zero-order valence-corrected chi connectivity index (χ0v) is 12.4. The van der Waals surface area contributed by atoms with E-state index in [4.69, 9.17) is 19.3 Å². The smallest absolute Gasteiger partial charge is 0.317 e. The van der Waals surface area contributed by atoms with Gasteiger partial charge in [0.1, 0.15) is 0 Å². The summed E-state index contributed by atoms with van der Waals surface area (Å²) in [4.78, 5) is 12.9. The van der Waals surface area contributed by atoms with Gasteiger partial charge < -0.3 is 19.3 Å². The Morgan fingerprint density at radius 1 is 1.10 bits per heavy atom. The van der Waals surface area contributed by atoms with Crippen molar-refractivity contribution in [1.82, 2.24) is 4.90 Å². The van der Waals surface area contributed by atoms with Gasteiger partial charge in [-0.05, 0) is 12.8 Å². The van der Waals surface area contributed by atoms with Crippen molar-refractivity contribution < 1.29 is 24.1 Å². The highest BCUT2D eigenvalue weighted by Gasteiger charge is 2.23. The number of hydrogen-bond acceptors (Lipinski definition) is 5. The number of carboxylic acids is 1. The van der Waals surface area contributed by atoms with Crippen molar-refractivity contribution in [2.75, 3.05) is 53.2 Å². The van der Waals surface area contributed by atoms with E-state index in [9.17, 15) is 4.79 Å². The number of rotatable bonds is 12. The molecule has 0 bridgehead atoms. The van der Waals surface area contributed by atoms with Crippen LogP contribution in [0.4, 0.5) is 0 Å². The second-order valence-electron chi connectivity index (χ2n) is 5.02. The van der Waals surface area contributed by atoms with Gasteiger partial charge in [-0.3, -0.25) is 9.69 Å². The van der Waals surface area contributed by atoms with E-state index in [1.807, 2.05) is 4.90 Å². The van der Waals surface area contributed by atoms with Gasteiger partial charge in [-0.15, -0.1) is 0 Å². The van der Waals surface area contributed by atoms with Crippen molar-refractivity contribution in [2.24, 2.45) is 0 Å². The number of carboxylic acid groups (broad SMARTS) is 1. The third-order valence-electron chi connectivity index (χ3n) is 3.51. The molecular weight excluding hydrogens is 262 g/mol.